The molecule has 0 spiro atoms. The molecule has 3 heteroatoms. The minimum Gasteiger partial charge on any atom is -0.486 e. The molecule has 0 fully saturated rings. The SMILES string of the molecule is CC(C)CNCC(C)Oc1ccccc1F. The Labute approximate surface area is 96.8 Å². The van der Waals surface area contributed by atoms with Crippen LogP contribution in [-0.2, 0) is 0 Å². The van der Waals surface area contributed by atoms with Crippen molar-refractivity contribution in [2.75, 3.05) is 13.1 Å². The van der Waals surface area contributed by atoms with Crippen LogP contribution in [0, 0.1) is 11.7 Å². The van der Waals surface area contributed by atoms with Gasteiger partial charge in [-0.05, 0) is 31.5 Å². The number of hydrogen-bond donors (Lipinski definition) is 1. The molecular weight excluding hydrogens is 205 g/mol. The smallest absolute Gasteiger partial charge is 0.165 e. The highest BCUT2D eigenvalue weighted by molar-refractivity contribution is 5.23. The van der Waals surface area contributed by atoms with Gasteiger partial charge in [0.15, 0.2) is 11.6 Å². The summed E-state index contributed by atoms with van der Waals surface area (Å²) < 4.78 is 18.7. The lowest BCUT2D eigenvalue weighted by Crippen LogP contribution is -2.31. The van der Waals surface area contributed by atoms with E-state index in [0.29, 0.717) is 11.7 Å². The fraction of sp³-hybridized carbons (Fsp3) is 0.538. The zero-order chi connectivity index (χ0) is 12.0. The maximum atomic E-state index is 13.3. The Bertz CT molecular complexity index is 315. The monoisotopic (exact) mass is 225 g/mol. The van der Waals surface area contributed by atoms with E-state index >= 15 is 0 Å². The van der Waals surface area contributed by atoms with Gasteiger partial charge >= 0.3 is 0 Å². The Balaban J connectivity index is 2.34. The van der Waals surface area contributed by atoms with E-state index in [4.69, 9.17) is 4.74 Å². The molecule has 0 aliphatic rings. The maximum absolute atomic E-state index is 13.3. The molecule has 2 nitrogen and oxygen atoms in total. The molecule has 0 saturated carbocycles. The van der Waals surface area contributed by atoms with Crippen LogP contribution >= 0.6 is 0 Å². The standard InChI is InChI=1S/C13H20FNO/c1-10(2)8-15-9-11(3)16-13-7-5-4-6-12(13)14/h4-7,10-11,15H,8-9H2,1-3H3. The first-order chi connectivity index (χ1) is 7.59. The molecule has 1 aromatic carbocycles. The van der Waals surface area contributed by atoms with Gasteiger partial charge in [-0.3, -0.25) is 0 Å². The van der Waals surface area contributed by atoms with Crippen LogP contribution in [0.15, 0.2) is 24.3 Å². The van der Waals surface area contributed by atoms with Gasteiger partial charge in [0.05, 0.1) is 0 Å². The van der Waals surface area contributed by atoms with Gasteiger partial charge in [0, 0.05) is 6.54 Å². The van der Waals surface area contributed by atoms with Crippen LogP contribution in [0.3, 0.4) is 0 Å². The van der Waals surface area contributed by atoms with E-state index in [9.17, 15) is 4.39 Å². The van der Waals surface area contributed by atoms with Gasteiger partial charge in [-0.1, -0.05) is 26.0 Å². The summed E-state index contributed by atoms with van der Waals surface area (Å²) in [6.07, 6.45) is -0.0318. The molecule has 16 heavy (non-hydrogen) atoms. The molecular formula is C13H20FNO. The van der Waals surface area contributed by atoms with Crippen molar-refractivity contribution in [3.63, 3.8) is 0 Å². The molecule has 1 N–H and O–H groups in total. The Hall–Kier alpha value is -1.09. The van der Waals surface area contributed by atoms with Crippen molar-refractivity contribution in [3.8, 4) is 5.75 Å². The van der Waals surface area contributed by atoms with E-state index in [2.05, 4.69) is 19.2 Å². The highest BCUT2D eigenvalue weighted by Crippen LogP contribution is 2.16. The highest BCUT2D eigenvalue weighted by Gasteiger charge is 2.07. The maximum Gasteiger partial charge on any atom is 0.165 e. The number of nitrogens with one attached hydrogen (secondary N) is 1. The lowest BCUT2D eigenvalue weighted by atomic mass is 10.2. The summed E-state index contributed by atoms with van der Waals surface area (Å²) in [5.74, 6) is 0.625. The summed E-state index contributed by atoms with van der Waals surface area (Å²) in [6, 6.07) is 6.48. The lowest BCUT2D eigenvalue weighted by Gasteiger charge is -2.16. The van der Waals surface area contributed by atoms with E-state index in [1.54, 1.807) is 18.2 Å². The van der Waals surface area contributed by atoms with E-state index < -0.39 is 0 Å². The number of halogens is 1. The van der Waals surface area contributed by atoms with Crippen molar-refractivity contribution in [2.24, 2.45) is 5.92 Å². The highest BCUT2D eigenvalue weighted by atomic mass is 19.1. The average Bonchev–Trinajstić information content (AvgIpc) is 2.21. The van der Waals surface area contributed by atoms with Crippen molar-refractivity contribution in [2.45, 2.75) is 26.9 Å². The predicted octanol–water partition coefficient (Wildman–Crippen LogP) is 2.84. The molecule has 0 radical (unpaired) electrons. The van der Waals surface area contributed by atoms with E-state index in [1.165, 1.54) is 6.07 Å². The third-order valence-electron chi connectivity index (χ3n) is 2.15. The van der Waals surface area contributed by atoms with Gasteiger partial charge in [-0.2, -0.15) is 0 Å². The molecule has 0 bridgehead atoms. The van der Waals surface area contributed by atoms with E-state index in [0.717, 1.165) is 13.1 Å². The molecule has 0 aliphatic heterocycles. The second-order valence-electron chi connectivity index (χ2n) is 4.41. The molecule has 0 aliphatic carbocycles. The zero-order valence-electron chi connectivity index (χ0n) is 10.2. The molecule has 1 unspecified atom stereocenters. The first-order valence-corrected chi connectivity index (χ1v) is 5.71. The van der Waals surface area contributed by atoms with Crippen molar-refractivity contribution in [1.82, 2.24) is 5.32 Å². The summed E-state index contributed by atoms with van der Waals surface area (Å²) in [4.78, 5) is 0. The molecule has 0 heterocycles. The lowest BCUT2D eigenvalue weighted by molar-refractivity contribution is 0.206. The minimum atomic E-state index is -0.307. The van der Waals surface area contributed by atoms with E-state index in [-0.39, 0.29) is 11.9 Å². The second kappa shape index (κ2) is 6.48. The van der Waals surface area contributed by atoms with Gasteiger partial charge < -0.3 is 10.1 Å². The number of rotatable bonds is 6. The number of para-hydroxylation sites is 1. The Kier molecular flexibility index (Phi) is 5.26. The Morgan fingerprint density at radius 1 is 1.19 bits per heavy atom. The van der Waals surface area contributed by atoms with Crippen LogP contribution in [0.4, 0.5) is 4.39 Å². The van der Waals surface area contributed by atoms with Gasteiger partial charge in [0.25, 0.3) is 0 Å². The second-order valence-corrected chi connectivity index (χ2v) is 4.41. The number of hydrogen-bond acceptors (Lipinski definition) is 2. The normalized spacial score (nSPS) is 12.8. The van der Waals surface area contributed by atoms with Gasteiger partial charge in [-0.15, -0.1) is 0 Å². The number of ether oxygens (including phenoxy) is 1. The van der Waals surface area contributed by atoms with Crippen LogP contribution < -0.4 is 10.1 Å². The Morgan fingerprint density at radius 2 is 1.88 bits per heavy atom. The summed E-state index contributed by atoms with van der Waals surface area (Å²) >= 11 is 0. The van der Waals surface area contributed by atoms with Crippen LogP contribution in [0.25, 0.3) is 0 Å². The first kappa shape index (κ1) is 13.0. The van der Waals surface area contributed by atoms with Crippen molar-refractivity contribution in [1.29, 1.82) is 0 Å². The summed E-state index contributed by atoms with van der Waals surface area (Å²) in [5, 5.41) is 3.28. The molecule has 90 valence electrons. The molecule has 0 aromatic heterocycles. The van der Waals surface area contributed by atoms with Crippen LogP contribution in [0.1, 0.15) is 20.8 Å². The van der Waals surface area contributed by atoms with Crippen LogP contribution in [0.2, 0.25) is 0 Å². The van der Waals surface area contributed by atoms with Crippen molar-refractivity contribution < 1.29 is 9.13 Å². The zero-order valence-corrected chi connectivity index (χ0v) is 10.2. The first-order valence-electron chi connectivity index (χ1n) is 5.71. The average molecular weight is 225 g/mol. The van der Waals surface area contributed by atoms with Crippen molar-refractivity contribution >= 4 is 0 Å². The predicted molar refractivity (Wildman–Crippen MR) is 64.2 cm³/mol. The summed E-state index contributed by atoms with van der Waals surface area (Å²) in [7, 11) is 0. The minimum absolute atomic E-state index is 0.0318. The molecule has 1 aromatic rings. The molecule has 1 rings (SSSR count). The van der Waals surface area contributed by atoms with Crippen LogP contribution in [-0.4, -0.2) is 19.2 Å². The quantitative estimate of drug-likeness (QED) is 0.803. The fourth-order valence-electron chi connectivity index (χ4n) is 1.37. The summed E-state index contributed by atoms with van der Waals surface area (Å²) in [6.45, 7) is 7.90. The van der Waals surface area contributed by atoms with Gasteiger partial charge in [-0.25, -0.2) is 4.39 Å². The molecule has 0 saturated heterocycles. The van der Waals surface area contributed by atoms with Gasteiger partial charge in [0.2, 0.25) is 0 Å². The Morgan fingerprint density at radius 3 is 2.50 bits per heavy atom. The molecule has 0 amide bonds. The molecule has 1 atom stereocenters. The fourth-order valence-corrected chi connectivity index (χ4v) is 1.37. The summed E-state index contributed by atoms with van der Waals surface area (Å²) in [5.41, 5.74) is 0. The van der Waals surface area contributed by atoms with Gasteiger partial charge in [0.1, 0.15) is 6.10 Å². The third kappa shape index (κ3) is 4.62. The number of benzene rings is 1. The van der Waals surface area contributed by atoms with E-state index in [1.807, 2.05) is 6.92 Å². The third-order valence-corrected chi connectivity index (χ3v) is 2.15. The largest absolute Gasteiger partial charge is 0.486 e. The van der Waals surface area contributed by atoms with Crippen molar-refractivity contribution in [3.05, 3.63) is 30.1 Å². The van der Waals surface area contributed by atoms with Crippen LogP contribution in [0.5, 0.6) is 5.75 Å². The topological polar surface area (TPSA) is 21.3 Å².